The van der Waals surface area contributed by atoms with E-state index in [1.807, 2.05) is 0 Å². The van der Waals surface area contributed by atoms with Crippen LogP contribution in [0, 0.1) is 30.4 Å². The lowest BCUT2D eigenvalue weighted by atomic mass is 10.2. The third kappa shape index (κ3) is 5.18. The fourth-order valence-corrected chi connectivity index (χ4v) is 3.20. The first-order valence-corrected chi connectivity index (χ1v) is 8.99. The van der Waals surface area contributed by atoms with Crippen molar-refractivity contribution in [3.8, 4) is 23.3 Å². The SMILES string of the molecule is COc1ccc(C)cc1S(=O)(=O)NCC#CCOc1ccc(F)cc1F. The highest BCUT2D eigenvalue weighted by Crippen LogP contribution is 2.24. The van der Waals surface area contributed by atoms with Gasteiger partial charge in [0.1, 0.15) is 23.1 Å². The maximum Gasteiger partial charge on any atom is 0.245 e. The fourth-order valence-electron chi connectivity index (χ4n) is 2.02. The van der Waals surface area contributed by atoms with Crippen molar-refractivity contribution < 1.29 is 26.7 Å². The molecule has 5 nitrogen and oxygen atoms in total. The van der Waals surface area contributed by atoms with Gasteiger partial charge in [0.15, 0.2) is 11.6 Å². The van der Waals surface area contributed by atoms with Crippen LogP contribution in [0.3, 0.4) is 0 Å². The Balaban J connectivity index is 1.93. The largest absolute Gasteiger partial charge is 0.495 e. The van der Waals surface area contributed by atoms with E-state index in [4.69, 9.17) is 9.47 Å². The summed E-state index contributed by atoms with van der Waals surface area (Å²) in [7, 11) is -2.41. The number of halogens is 2. The molecule has 0 spiro atoms. The van der Waals surface area contributed by atoms with Gasteiger partial charge in [-0.3, -0.25) is 0 Å². The van der Waals surface area contributed by atoms with E-state index in [1.165, 1.54) is 13.2 Å². The summed E-state index contributed by atoms with van der Waals surface area (Å²) >= 11 is 0. The van der Waals surface area contributed by atoms with Gasteiger partial charge in [-0.1, -0.05) is 17.9 Å². The molecule has 1 N–H and O–H groups in total. The van der Waals surface area contributed by atoms with E-state index >= 15 is 0 Å². The molecular weight excluding hydrogens is 364 g/mol. The first-order valence-electron chi connectivity index (χ1n) is 7.51. The molecule has 0 aliphatic heterocycles. The van der Waals surface area contributed by atoms with Crippen molar-refractivity contribution in [2.75, 3.05) is 20.3 Å². The van der Waals surface area contributed by atoms with Crippen LogP contribution >= 0.6 is 0 Å². The van der Waals surface area contributed by atoms with Crippen molar-refractivity contribution in [2.45, 2.75) is 11.8 Å². The summed E-state index contributed by atoms with van der Waals surface area (Å²) in [6, 6.07) is 7.72. The molecule has 138 valence electrons. The van der Waals surface area contributed by atoms with E-state index in [0.717, 1.165) is 17.7 Å². The van der Waals surface area contributed by atoms with Gasteiger partial charge < -0.3 is 9.47 Å². The normalized spacial score (nSPS) is 10.8. The van der Waals surface area contributed by atoms with Crippen molar-refractivity contribution in [2.24, 2.45) is 0 Å². The van der Waals surface area contributed by atoms with Crippen LogP contribution in [0.1, 0.15) is 5.56 Å². The summed E-state index contributed by atoms with van der Waals surface area (Å²) in [4.78, 5) is 0.0198. The van der Waals surface area contributed by atoms with Gasteiger partial charge in [-0.15, -0.1) is 0 Å². The number of hydrogen-bond donors (Lipinski definition) is 1. The standard InChI is InChI=1S/C18H17F2NO4S/c1-13-5-7-17(24-2)18(11-13)26(22,23)21-9-3-4-10-25-16-8-6-14(19)12-15(16)20/h5-8,11-12,21H,9-10H2,1-2H3. The third-order valence-electron chi connectivity index (χ3n) is 3.28. The predicted molar refractivity (Wildman–Crippen MR) is 92.5 cm³/mol. The summed E-state index contributed by atoms with van der Waals surface area (Å²) in [5.41, 5.74) is 0.770. The molecule has 26 heavy (non-hydrogen) atoms. The quantitative estimate of drug-likeness (QED) is 0.782. The summed E-state index contributed by atoms with van der Waals surface area (Å²) < 4.78 is 63.2. The van der Waals surface area contributed by atoms with Crippen LogP contribution in [0.2, 0.25) is 0 Å². The Hall–Kier alpha value is -2.63. The van der Waals surface area contributed by atoms with E-state index in [1.54, 1.807) is 19.1 Å². The van der Waals surface area contributed by atoms with Crippen LogP contribution in [-0.2, 0) is 10.0 Å². The number of ether oxygens (including phenoxy) is 2. The lowest BCUT2D eigenvalue weighted by Gasteiger charge is -2.10. The second-order valence-electron chi connectivity index (χ2n) is 5.20. The van der Waals surface area contributed by atoms with Crippen LogP contribution in [0.15, 0.2) is 41.3 Å². The van der Waals surface area contributed by atoms with Crippen molar-refractivity contribution in [3.05, 3.63) is 53.6 Å². The van der Waals surface area contributed by atoms with Crippen LogP contribution in [-0.4, -0.2) is 28.7 Å². The molecule has 2 aromatic carbocycles. The van der Waals surface area contributed by atoms with E-state index in [-0.39, 0.29) is 29.5 Å². The van der Waals surface area contributed by atoms with Gasteiger partial charge in [-0.05, 0) is 36.8 Å². The molecule has 2 aromatic rings. The maximum atomic E-state index is 13.4. The molecule has 0 aromatic heterocycles. The Morgan fingerprint density at radius 3 is 2.50 bits per heavy atom. The Bertz CT molecular complexity index is 949. The minimum absolute atomic E-state index is 0.0198. The monoisotopic (exact) mass is 381 g/mol. The summed E-state index contributed by atoms with van der Waals surface area (Å²) in [5, 5.41) is 0. The first-order chi connectivity index (χ1) is 12.3. The minimum Gasteiger partial charge on any atom is -0.495 e. The zero-order valence-electron chi connectivity index (χ0n) is 14.2. The Morgan fingerprint density at radius 1 is 1.08 bits per heavy atom. The van der Waals surface area contributed by atoms with Gasteiger partial charge in [0, 0.05) is 6.07 Å². The Kier molecular flexibility index (Phi) is 6.55. The second kappa shape index (κ2) is 8.65. The van der Waals surface area contributed by atoms with E-state index < -0.39 is 21.7 Å². The van der Waals surface area contributed by atoms with Crippen molar-refractivity contribution in [1.29, 1.82) is 0 Å². The van der Waals surface area contributed by atoms with Gasteiger partial charge in [-0.25, -0.2) is 17.2 Å². The van der Waals surface area contributed by atoms with E-state index in [2.05, 4.69) is 16.6 Å². The van der Waals surface area contributed by atoms with Gasteiger partial charge >= 0.3 is 0 Å². The van der Waals surface area contributed by atoms with Crippen molar-refractivity contribution in [3.63, 3.8) is 0 Å². The molecule has 0 unspecified atom stereocenters. The lowest BCUT2D eigenvalue weighted by molar-refractivity contribution is 0.346. The molecular formula is C18H17F2NO4S. The number of methoxy groups -OCH3 is 1. The molecule has 0 heterocycles. The van der Waals surface area contributed by atoms with Gasteiger partial charge in [0.25, 0.3) is 0 Å². The lowest BCUT2D eigenvalue weighted by Crippen LogP contribution is -2.24. The maximum absolute atomic E-state index is 13.4. The van der Waals surface area contributed by atoms with Crippen LogP contribution in [0.4, 0.5) is 8.78 Å². The van der Waals surface area contributed by atoms with Gasteiger partial charge in [-0.2, -0.15) is 4.72 Å². The highest BCUT2D eigenvalue weighted by atomic mass is 32.2. The average molecular weight is 381 g/mol. The molecule has 0 radical (unpaired) electrons. The van der Waals surface area contributed by atoms with E-state index in [9.17, 15) is 17.2 Å². The third-order valence-corrected chi connectivity index (χ3v) is 4.70. The number of sulfonamides is 1. The molecule has 0 amide bonds. The van der Waals surface area contributed by atoms with Crippen LogP contribution < -0.4 is 14.2 Å². The van der Waals surface area contributed by atoms with Crippen LogP contribution in [0.5, 0.6) is 11.5 Å². The Morgan fingerprint density at radius 2 is 1.81 bits per heavy atom. The average Bonchev–Trinajstić information content (AvgIpc) is 2.59. The fraction of sp³-hybridized carbons (Fsp3) is 0.222. The molecule has 0 saturated heterocycles. The zero-order valence-corrected chi connectivity index (χ0v) is 15.0. The second-order valence-corrected chi connectivity index (χ2v) is 6.93. The number of rotatable bonds is 6. The summed E-state index contributed by atoms with van der Waals surface area (Å²) in [6.45, 7) is 1.44. The molecule has 0 aliphatic rings. The highest BCUT2D eigenvalue weighted by Gasteiger charge is 2.18. The zero-order chi connectivity index (χ0) is 19.2. The topological polar surface area (TPSA) is 64.6 Å². The molecule has 0 fully saturated rings. The summed E-state index contributed by atoms with van der Waals surface area (Å²) in [6.07, 6.45) is 0. The molecule has 0 aliphatic carbocycles. The number of nitrogens with one attached hydrogen (secondary N) is 1. The Labute approximate surface area is 151 Å². The smallest absolute Gasteiger partial charge is 0.245 e. The number of hydrogen-bond acceptors (Lipinski definition) is 4. The van der Waals surface area contributed by atoms with Crippen molar-refractivity contribution in [1.82, 2.24) is 4.72 Å². The molecule has 2 rings (SSSR count). The molecule has 0 bridgehead atoms. The summed E-state index contributed by atoms with van der Waals surface area (Å²) in [5.74, 6) is 3.66. The molecule has 8 heteroatoms. The van der Waals surface area contributed by atoms with Crippen molar-refractivity contribution >= 4 is 10.0 Å². The molecule has 0 atom stereocenters. The van der Waals surface area contributed by atoms with Gasteiger partial charge in [0.05, 0.1) is 13.7 Å². The highest BCUT2D eigenvalue weighted by molar-refractivity contribution is 7.89. The van der Waals surface area contributed by atoms with E-state index in [0.29, 0.717) is 6.07 Å². The first kappa shape index (κ1) is 19.7. The minimum atomic E-state index is -3.80. The van der Waals surface area contributed by atoms with Crippen LogP contribution in [0.25, 0.3) is 0 Å². The predicted octanol–water partition coefficient (Wildman–Crippen LogP) is 2.64. The van der Waals surface area contributed by atoms with Gasteiger partial charge in [0.2, 0.25) is 10.0 Å². The molecule has 0 saturated carbocycles. The number of benzene rings is 2. The number of aryl methyl sites for hydroxylation is 1.